The van der Waals surface area contributed by atoms with Gasteiger partial charge in [-0.3, -0.25) is 4.90 Å². The molecule has 3 atom stereocenters. The zero-order chi connectivity index (χ0) is 25.7. The minimum Gasteiger partial charge on any atom is -0.543 e. The number of piperidine rings is 1. The Morgan fingerprint density at radius 2 is 1.69 bits per heavy atom. The molecule has 2 saturated heterocycles. The number of carboxylic acids is 2. The molecule has 0 aliphatic carbocycles. The number of carbonyl (C=O) groups is 2. The molecule has 2 fully saturated rings. The Bertz CT molecular complexity index is 1110. The first-order valence-corrected chi connectivity index (χ1v) is 12.8. The van der Waals surface area contributed by atoms with Crippen molar-refractivity contribution in [1.82, 2.24) is 9.88 Å². The zero-order valence-electron chi connectivity index (χ0n) is 20.0. The first-order valence-electron chi connectivity index (χ1n) is 11.9. The number of aromatic nitrogens is 1. The number of aliphatic hydroxyl groups excluding tert-OH is 1. The number of para-hydroxylation sites is 2. The lowest BCUT2D eigenvalue weighted by Gasteiger charge is -2.42. The van der Waals surface area contributed by atoms with E-state index in [9.17, 15) is 5.11 Å². The number of nitrogens with zero attached hydrogens (tertiary/aromatic N) is 3. The second-order valence-electron chi connectivity index (χ2n) is 9.13. The number of hydrogen-bond acceptors (Lipinski definition) is 10. The Hall–Kier alpha value is -3.21. The maximum atomic E-state index is 10.6. The summed E-state index contributed by atoms with van der Waals surface area (Å²) in [6.45, 7) is 1.04. The van der Waals surface area contributed by atoms with Gasteiger partial charge in [-0.1, -0.05) is 41.7 Å². The lowest BCUT2D eigenvalue weighted by atomic mass is 9.96. The van der Waals surface area contributed by atoms with Crippen LogP contribution in [0.4, 0.5) is 5.13 Å². The van der Waals surface area contributed by atoms with Crippen molar-refractivity contribution in [3.63, 3.8) is 0 Å². The van der Waals surface area contributed by atoms with Crippen molar-refractivity contribution in [2.75, 3.05) is 25.1 Å². The zero-order valence-corrected chi connectivity index (χ0v) is 20.8. The molecule has 1 aromatic heterocycles. The maximum Gasteiger partial charge on any atom is 0.186 e. The van der Waals surface area contributed by atoms with Gasteiger partial charge >= 0.3 is 0 Å². The fourth-order valence-corrected chi connectivity index (χ4v) is 6.03. The van der Waals surface area contributed by atoms with Crippen molar-refractivity contribution in [2.45, 2.75) is 49.9 Å². The molecule has 3 unspecified atom stereocenters. The molecule has 9 nitrogen and oxygen atoms in total. The van der Waals surface area contributed by atoms with E-state index in [0.717, 1.165) is 29.2 Å². The fourth-order valence-electron chi connectivity index (χ4n) is 5.03. The van der Waals surface area contributed by atoms with Crippen LogP contribution in [0.2, 0.25) is 0 Å². The minimum atomic E-state index is -2.19. The Morgan fingerprint density at radius 1 is 1.08 bits per heavy atom. The van der Waals surface area contributed by atoms with Crippen LogP contribution in [0.5, 0.6) is 5.75 Å². The average molecular weight is 512 g/mol. The highest BCUT2D eigenvalue weighted by molar-refractivity contribution is 7.22. The van der Waals surface area contributed by atoms with E-state index < -0.39 is 18.0 Å². The number of carboxylic acid groups (broad SMARTS) is 2. The van der Waals surface area contributed by atoms with E-state index in [4.69, 9.17) is 29.5 Å². The molecule has 1 N–H and O–H groups in total. The second kappa shape index (κ2) is 11.7. The summed E-state index contributed by atoms with van der Waals surface area (Å²) in [7, 11) is 2.19. The van der Waals surface area contributed by atoms with Gasteiger partial charge < -0.3 is 34.5 Å². The lowest BCUT2D eigenvalue weighted by Crippen LogP contribution is -2.52. The first-order chi connectivity index (χ1) is 17.3. The molecule has 2 aliphatic rings. The topological polar surface area (TPSA) is 129 Å². The number of anilines is 1. The molecular weight excluding hydrogens is 482 g/mol. The molecule has 3 aromatic rings. The third-order valence-corrected chi connectivity index (χ3v) is 7.89. The van der Waals surface area contributed by atoms with Crippen LogP contribution in [0.15, 0.2) is 54.6 Å². The highest BCUT2D eigenvalue weighted by Crippen LogP contribution is 2.39. The minimum absolute atomic E-state index is 0.342. The predicted molar refractivity (Wildman–Crippen MR) is 133 cm³/mol. The van der Waals surface area contributed by atoms with Crippen LogP contribution < -0.4 is 19.8 Å². The highest BCUT2D eigenvalue weighted by Gasteiger charge is 2.42. The van der Waals surface area contributed by atoms with Gasteiger partial charge in [0.2, 0.25) is 0 Å². The second-order valence-corrected chi connectivity index (χ2v) is 10.1. The van der Waals surface area contributed by atoms with Gasteiger partial charge in [-0.15, -0.1) is 0 Å². The molecule has 2 aliphatic heterocycles. The number of aliphatic hydroxyl groups is 1. The summed E-state index contributed by atoms with van der Waals surface area (Å²) in [6, 6.07) is 19.7. The largest absolute Gasteiger partial charge is 0.543 e. The monoisotopic (exact) mass is 511 g/mol. The third-order valence-electron chi connectivity index (χ3n) is 6.77. The summed E-state index contributed by atoms with van der Waals surface area (Å²) >= 11 is 1.78. The number of hydrogen-bond donors (Lipinski definition) is 1. The van der Waals surface area contributed by atoms with Gasteiger partial charge in [0.1, 0.15) is 18.5 Å². The number of carbonyl (C=O) groups excluding carboxylic acids is 2. The summed E-state index contributed by atoms with van der Waals surface area (Å²) in [5, 5.41) is 29.5. The van der Waals surface area contributed by atoms with Gasteiger partial charge in [-0.25, -0.2) is 4.98 Å². The van der Waals surface area contributed by atoms with E-state index in [0.29, 0.717) is 31.3 Å². The van der Waals surface area contributed by atoms with Crippen LogP contribution in [-0.2, 0) is 9.59 Å². The molecule has 0 amide bonds. The molecule has 10 heteroatoms. The highest BCUT2D eigenvalue weighted by atomic mass is 32.1. The summed E-state index contributed by atoms with van der Waals surface area (Å²) < 4.78 is 7.01. The average Bonchev–Trinajstić information content (AvgIpc) is 3.40. The number of ether oxygens (including phenoxy) is 1. The molecule has 3 heterocycles. The van der Waals surface area contributed by atoms with Crippen molar-refractivity contribution in [1.29, 1.82) is 0 Å². The van der Waals surface area contributed by atoms with Crippen LogP contribution in [0, 0.1) is 0 Å². The molecule has 5 rings (SSSR count). The Kier molecular flexibility index (Phi) is 8.40. The van der Waals surface area contributed by atoms with Crippen molar-refractivity contribution in [3.8, 4) is 5.75 Å². The van der Waals surface area contributed by atoms with Crippen LogP contribution in [-0.4, -0.2) is 71.4 Å². The van der Waals surface area contributed by atoms with E-state index in [-0.39, 0.29) is 0 Å². The van der Waals surface area contributed by atoms with Crippen molar-refractivity contribution in [2.24, 2.45) is 0 Å². The van der Waals surface area contributed by atoms with Gasteiger partial charge in [0, 0.05) is 31.7 Å². The summed E-state index contributed by atoms with van der Waals surface area (Å²) in [6.07, 6.45) is 4.25. The molecule has 2 aromatic carbocycles. The first kappa shape index (κ1) is 25.9. The molecule has 0 radical (unpaired) electrons. The van der Waals surface area contributed by atoms with Crippen molar-refractivity contribution < 1.29 is 29.6 Å². The fraction of sp³-hybridized carbons (Fsp3) is 0.423. The van der Waals surface area contributed by atoms with Crippen LogP contribution in [0.25, 0.3) is 10.2 Å². The Balaban J connectivity index is 0.000000455. The molecule has 0 spiro atoms. The number of benzene rings is 2. The number of thiazole rings is 1. The smallest absolute Gasteiger partial charge is 0.186 e. The summed E-state index contributed by atoms with van der Waals surface area (Å²) in [5.74, 6) is -3.55. The quantitative estimate of drug-likeness (QED) is 0.455. The van der Waals surface area contributed by atoms with Crippen LogP contribution in [0.3, 0.4) is 0 Å². The standard InChI is InChI=1S/C24H29N3O2S.C2H2O4/c1-26(24-25-22-9-5-6-10-23(22)30-24)19-13-17-11-12-18(14-19)27(17)15-20(28)16-29-21-7-3-2-4-8-21;3-1(4)2(5)6/h2-10,17-20,28H,11-16H2,1H3;(H,3,4)(H,5,6)/p-2. The van der Waals surface area contributed by atoms with E-state index in [1.165, 1.54) is 17.5 Å². The van der Waals surface area contributed by atoms with Crippen molar-refractivity contribution >= 4 is 38.6 Å². The number of aliphatic carboxylic acids is 2. The molecular formula is C26H29N3O6S-2. The van der Waals surface area contributed by atoms with Crippen molar-refractivity contribution in [3.05, 3.63) is 54.6 Å². The third kappa shape index (κ3) is 6.31. The van der Waals surface area contributed by atoms with Crippen LogP contribution in [0.1, 0.15) is 25.7 Å². The summed E-state index contributed by atoms with van der Waals surface area (Å²) in [5.41, 5.74) is 1.09. The number of rotatable bonds is 7. The van der Waals surface area contributed by atoms with E-state index in [1.807, 2.05) is 30.3 Å². The van der Waals surface area contributed by atoms with Crippen LogP contribution >= 0.6 is 11.3 Å². The maximum absolute atomic E-state index is 10.6. The number of fused-ring (bicyclic) bond motifs is 3. The predicted octanol–water partition coefficient (Wildman–Crippen LogP) is 0.654. The van der Waals surface area contributed by atoms with E-state index >= 15 is 0 Å². The van der Waals surface area contributed by atoms with Gasteiger partial charge in [-0.05, 0) is 49.9 Å². The van der Waals surface area contributed by atoms with Gasteiger partial charge in [0.05, 0.1) is 22.2 Å². The van der Waals surface area contributed by atoms with Gasteiger partial charge in [-0.2, -0.15) is 0 Å². The lowest BCUT2D eigenvalue weighted by molar-refractivity contribution is -0.345. The molecule has 192 valence electrons. The van der Waals surface area contributed by atoms with Gasteiger partial charge in [0.25, 0.3) is 0 Å². The SMILES string of the molecule is CN(c1nc2ccccc2s1)C1CC2CCC(C1)N2CC(O)COc1ccccc1.O=C([O-])C(=O)[O-]. The van der Waals surface area contributed by atoms with Gasteiger partial charge in [0.15, 0.2) is 5.13 Å². The van der Waals surface area contributed by atoms with E-state index in [1.54, 1.807) is 11.3 Å². The van der Waals surface area contributed by atoms with E-state index in [2.05, 4.69) is 41.1 Å². The summed E-state index contributed by atoms with van der Waals surface area (Å²) in [4.78, 5) is 27.6. The molecule has 0 saturated carbocycles. The molecule has 36 heavy (non-hydrogen) atoms. The Morgan fingerprint density at radius 3 is 2.31 bits per heavy atom. The normalized spacial score (nSPS) is 21.9. The Labute approximate surface area is 213 Å². The molecule has 2 bridgehead atoms.